The number of imide groups is 1. The van der Waals surface area contributed by atoms with E-state index in [1.54, 1.807) is 27.2 Å². The molecule has 0 saturated carbocycles. The van der Waals surface area contributed by atoms with Crippen LogP contribution < -0.4 is 30.5 Å². The number of anilines is 5. The van der Waals surface area contributed by atoms with Crippen molar-refractivity contribution in [2.45, 2.75) is 44.9 Å². The molecule has 15 nitrogen and oxygen atoms in total. The second kappa shape index (κ2) is 16.1. The van der Waals surface area contributed by atoms with Gasteiger partial charge in [-0.1, -0.05) is 0 Å². The van der Waals surface area contributed by atoms with Gasteiger partial charge in [0.15, 0.2) is 5.82 Å². The van der Waals surface area contributed by atoms with E-state index in [2.05, 4.69) is 66.4 Å². The van der Waals surface area contributed by atoms with Gasteiger partial charge in [-0.05, 0) is 106 Å². The molecular weight excluding hydrogens is 812 g/mol. The molecule has 10 rings (SSSR count). The number of nitriles is 1. The number of pyridine rings is 1. The fourth-order valence-electron chi connectivity index (χ4n) is 10.5. The number of halogens is 1. The van der Waals surface area contributed by atoms with Crippen LogP contribution in [0.2, 0.25) is 0 Å². The number of piperidine rings is 2. The number of likely N-dealkylation sites (tertiary alicyclic amines) is 1. The van der Waals surface area contributed by atoms with E-state index in [9.17, 15) is 19.6 Å². The number of urea groups is 1. The second-order valence-corrected chi connectivity index (χ2v) is 18.2. The van der Waals surface area contributed by atoms with Crippen molar-refractivity contribution in [1.82, 2.24) is 34.3 Å². The van der Waals surface area contributed by atoms with Crippen molar-refractivity contribution in [1.29, 1.82) is 5.26 Å². The van der Waals surface area contributed by atoms with Crippen LogP contribution in [0.25, 0.3) is 32.9 Å². The molecule has 3 aromatic carbocycles. The highest BCUT2D eigenvalue weighted by Crippen LogP contribution is 2.45. The van der Waals surface area contributed by atoms with Crippen LogP contribution in [-0.2, 0) is 25.9 Å². The fraction of sp³-hybridized carbons (Fsp3) is 0.417. The van der Waals surface area contributed by atoms with Gasteiger partial charge in [0, 0.05) is 108 Å². The number of hydrogen-bond acceptors (Lipinski definition) is 10. The first kappa shape index (κ1) is 41.3. The molecule has 3 saturated heterocycles. The van der Waals surface area contributed by atoms with Crippen LogP contribution in [0.5, 0.6) is 0 Å². The summed E-state index contributed by atoms with van der Waals surface area (Å²) in [7, 11) is 7.63. The quantitative estimate of drug-likeness (QED) is 0.195. The van der Waals surface area contributed by atoms with E-state index in [-0.39, 0.29) is 30.2 Å². The van der Waals surface area contributed by atoms with Gasteiger partial charge in [0.1, 0.15) is 5.82 Å². The monoisotopic (exact) mass is 864 g/mol. The number of aryl methyl sites for hydroxylation is 4. The maximum Gasteiger partial charge on any atom is 0.329 e. The minimum absolute atomic E-state index is 0.000468. The van der Waals surface area contributed by atoms with Crippen molar-refractivity contribution in [3.8, 4) is 17.2 Å². The number of rotatable bonds is 7. The number of fused-ring (bicyclic) bond motifs is 3. The number of benzene rings is 3. The first-order valence-corrected chi connectivity index (χ1v) is 22.3. The summed E-state index contributed by atoms with van der Waals surface area (Å²) in [6.07, 6.45) is 7.83. The van der Waals surface area contributed by atoms with Gasteiger partial charge in [0.2, 0.25) is 5.91 Å². The number of carbonyl (C=O) groups is 2. The Bertz CT molecular complexity index is 2970. The smallest absolute Gasteiger partial charge is 0.329 e. The van der Waals surface area contributed by atoms with E-state index in [1.165, 1.54) is 16.5 Å². The largest absolute Gasteiger partial charge is 0.371 e. The zero-order valence-corrected chi connectivity index (χ0v) is 37.1. The summed E-state index contributed by atoms with van der Waals surface area (Å²) in [5.74, 6) is 0.503. The Kier molecular flexibility index (Phi) is 10.4. The van der Waals surface area contributed by atoms with E-state index in [1.807, 2.05) is 45.4 Å². The highest BCUT2D eigenvalue weighted by molar-refractivity contribution is 6.09. The summed E-state index contributed by atoms with van der Waals surface area (Å²) in [5, 5.41) is 23.2. The van der Waals surface area contributed by atoms with Gasteiger partial charge in [0.25, 0.3) is 5.56 Å². The zero-order chi connectivity index (χ0) is 44.6. The molecule has 3 fully saturated rings. The molecule has 4 aliphatic rings. The second-order valence-electron chi connectivity index (χ2n) is 18.2. The molecule has 6 aromatic rings. The summed E-state index contributed by atoms with van der Waals surface area (Å²) in [6.45, 7) is 8.05. The van der Waals surface area contributed by atoms with Crippen molar-refractivity contribution in [2.75, 3.05) is 79.0 Å². The molecule has 0 aliphatic carbocycles. The van der Waals surface area contributed by atoms with E-state index in [4.69, 9.17) is 0 Å². The maximum absolute atomic E-state index is 15.8. The minimum Gasteiger partial charge on any atom is -0.371 e. The summed E-state index contributed by atoms with van der Waals surface area (Å²) in [5.41, 5.74) is 9.54. The minimum atomic E-state index is -0.543. The topological polar surface area (TPSA) is 144 Å². The number of nitrogens with one attached hydrogen (secondary N) is 1. The maximum atomic E-state index is 15.8. The molecule has 16 heteroatoms. The van der Waals surface area contributed by atoms with Gasteiger partial charge < -0.3 is 24.2 Å². The lowest BCUT2D eigenvalue weighted by atomic mass is 9.87. The van der Waals surface area contributed by atoms with Gasteiger partial charge in [-0.25, -0.2) is 9.18 Å². The van der Waals surface area contributed by atoms with Crippen molar-refractivity contribution < 1.29 is 14.0 Å². The van der Waals surface area contributed by atoms with Crippen LogP contribution in [-0.4, -0.2) is 100 Å². The summed E-state index contributed by atoms with van der Waals surface area (Å²) < 4.78 is 21.0. The summed E-state index contributed by atoms with van der Waals surface area (Å²) in [6, 6.07) is 16.0. The third kappa shape index (κ3) is 7.21. The molecule has 3 amide bonds. The predicted molar refractivity (Wildman–Crippen MR) is 247 cm³/mol. The first-order valence-electron chi connectivity index (χ1n) is 22.3. The number of amides is 3. The summed E-state index contributed by atoms with van der Waals surface area (Å²) >= 11 is 0. The summed E-state index contributed by atoms with van der Waals surface area (Å²) in [4.78, 5) is 48.4. The van der Waals surface area contributed by atoms with Crippen LogP contribution in [0.1, 0.15) is 54.7 Å². The molecule has 64 heavy (non-hydrogen) atoms. The van der Waals surface area contributed by atoms with E-state index in [0.717, 1.165) is 116 Å². The Morgan fingerprint density at radius 3 is 2.30 bits per heavy atom. The lowest BCUT2D eigenvalue weighted by Crippen LogP contribution is -2.49. The number of hydrogen-bond donors (Lipinski definition) is 1. The number of carbonyl (C=O) groups excluding carboxylic acids is 2. The Morgan fingerprint density at radius 1 is 0.797 bits per heavy atom. The Labute approximate surface area is 370 Å². The SMILES string of the molecule is Cc1cc2c(N3CCN(C)c4cc(-c5cnn(C)c5)c(C#N)cc43)cc(C3CCN(CC4CCN(c5cc6c(cc5F)c(N5CCC(=O)NC5=O)nn6C)CC4)CC3)cc2n(C)c1=O. The molecule has 3 aromatic heterocycles. The normalized spacial score (nSPS) is 18.0. The molecule has 330 valence electrons. The third-order valence-corrected chi connectivity index (χ3v) is 14.2. The fourth-order valence-corrected chi connectivity index (χ4v) is 10.5. The van der Waals surface area contributed by atoms with Gasteiger partial charge in [-0.2, -0.15) is 15.5 Å². The third-order valence-electron chi connectivity index (χ3n) is 14.2. The van der Waals surface area contributed by atoms with Crippen molar-refractivity contribution in [2.24, 2.45) is 27.1 Å². The number of aromatic nitrogens is 5. The highest BCUT2D eigenvalue weighted by atomic mass is 19.1. The molecule has 0 bridgehead atoms. The van der Waals surface area contributed by atoms with Crippen LogP contribution >= 0.6 is 0 Å². The van der Waals surface area contributed by atoms with Crippen LogP contribution in [0.3, 0.4) is 0 Å². The first-order chi connectivity index (χ1) is 30.8. The van der Waals surface area contributed by atoms with Crippen molar-refractivity contribution >= 4 is 62.3 Å². The molecule has 1 N–H and O–H groups in total. The van der Waals surface area contributed by atoms with Gasteiger partial charge in [-0.15, -0.1) is 0 Å². The average molecular weight is 865 g/mol. The van der Waals surface area contributed by atoms with Crippen molar-refractivity contribution in [3.63, 3.8) is 0 Å². The van der Waals surface area contributed by atoms with Crippen molar-refractivity contribution in [3.05, 3.63) is 87.7 Å². The zero-order valence-electron chi connectivity index (χ0n) is 37.1. The molecule has 0 spiro atoms. The van der Waals surface area contributed by atoms with Gasteiger partial charge >= 0.3 is 6.03 Å². The number of likely N-dealkylation sites (N-methyl/N-ethyl adjacent to an activating group) is 1. The molecule has 0 unspecified atom stereocenters. The van der Waals surface area contributed by atoms with E-state index in [0.29, 0.717) is 39.9 Å². The predicted octanol–water partition coefficient (Wildman–Crippen LogP) is 6.28. The molecule has 4 aliphatic heterocycles. The Balaban J connectivity index is 0.847. The lowest BCUT2D eigenvalue weighted by Gasteiger charge is -2.39. The Morgan fingerprint density at radius 2 is 1.58 bits per heavy atom. The van der Waals surface area contributed by atoms with E-state index < -0.39 is 6.03 Å². The lowest BCUT2D eigenvalue weighted by molar-refractivity contribution is -0.120. The standard InChI is InChI=1S/C48H53FN12O3/c1-29-18-36-39(56(4)47(29)63)19-32(20-41(36)60-17-16-54(2)43-23-35(33(25-50)21-44(43)60)34-26-51-55(3)28-34)31-8-11-58(12-9-31)27-30-6-13-59(14-7-30)42-24-40-37(22-38(42)49)46(53-57(40)5)61-15-10-45(62)52-48(61)64/h18-24,26,28,30-31H,6-17,27H2,1-5H3,(H,52,62,64). The molecular formula is C48H53FN12O3. The van der Waals surface area contributed by atoms with Crippen LogP contribution in [0.15, 0.2) is 59.7 Å². The number of nitrogens with zero attached hydrogens (tertiary/aromatic N) is 11. The average Bonchev–Trinajstić information content (AvgIpc) is 3.87. The van der Waals surface area contributed by atoms with E-state index >= 15 is 4.39 Å². The molecule has 7 heterocycles. The van der Waals surface area contributed by atoms with Gasteiger partial charge in [-0.3, -0.25) is 29.2 Å². The van der Waals surface area contributed by atoms with Crippen LogP contribution in [0.4, 0.5) is 37.8 Å². The molecule has 0 atom stereocenters. The van der Waals surface area contributed by atoms with Crippen LogP contribution in [0, 0.1) is 30.0 Å². The Hall–Kier alpha value is -6.73. The highest BCUT2D eigenvalue weighted by Gasteiger charge is 2.32. The molecule has 0 radical (unpaired) electrons. The van der Waals surface area contributed by atoms with Gasteiger partial charge in [0.05, 0.1) is 51.6 Å².